The van der Waals surface area contributed by atoms with Crippen LogP contribution in [0.1, 0.15) is 26.3 Å². The number of ether oxygens (including phenoxy) is 1. The van der Waals surface area contributed by atoms with Crippen LogP contribution in [-0.2, 0) is 9.57 Å². The number of Topliss-reactive ketones (excluding diaryl/α,β-unsaturated/α-hetero) is 1. The van der Waals surface area contributed by atoms with Crippen LogP contribution >= 0.6 is 0 Å². The van der Waals surface area contributed by atoms with E-state index >= 15 is 0 Å². The van der Waals surface area contributed by atoms with E-state index in [2.05, 4.69) is 10.1 Å². The van der Waals surface area contributed by atoms with Gasteiger partial charge in [-0.15, -0.1) is 0 Å². The minimum atomic E-state index is -0.621. The minimum Gasteiger partial charge on any atom is -0.378 e. The quantitative estimate of drug-likeness (QED) is 0.264. The van der Waals surface area contributed by atoms with Crippen LogP contribution in [0, 0.1) is 0 Å². The molecule has 0 radical (unpaired) electrons. The maximum absolute atomic E-state index is 13.2. The van der Waals surface area contributed by atoms with Gasteiger partial charge in [0.2, 0.25) is 5.78 Å². The molecule has 0 bridgehead atoms. The Labute approximate surface area is 180 Å². The Morgan fingerprint density at radius 1 is 0.742 bits per heavy atom. The molecule has 6 nitrogen and oxygen atoms in total. The summed E-state index contributed by atoms with van der Waals surface area (Å²) in [5.41, 5.74) is 2.51. The maximum Gasteiger partial charge on any atom is 0.365 e. The average molecular weight is 414 g/mol. The van der Waals surface area contributed by atoms with Gasteiger partial charge in [-0.3, -0.25) is 4.79 Å². The number of nitrogens with zero attached hydrogens (tertiary/aromatic N) is 2. The highest BCUT2D eigenvalue weighted by Crippen LogP contribution is 2.18. The first-order valence-corrected chi connectivity index (χ1v) is 10.1. The van der Waals surface area contributed by atoms with E-state index in [0.717, 1.165) is 18.8 Å². The molecule has 1 heterocycles. The first-order valence-electron chi connectivity index (χ1n) is 10.1. The second-order valence-corrected chi connectivity index (χ2v) is 7.03. The van der Waals surface area contributed by atoms with Crippen molar-refractivity contribution in [2.45, 2.75) is 0 Å². The van der Waals surface area contributed by atoms with Crippen molar-refractivity contribution >= 4 is 23.2 Å². The fraction of sp³-hybridized carbons (Fsp3) is 0.160. The van der Waals surface area contributed by atoms with Gasteiger partial charge in [0.15, 0.2) is 5.71 Å². The summed E-state index contributed by atoms with van der Waals surface area (Å²) < 4.78 is 5.39. The number of anilines is 1. The zero-order valence-corrected chi connectivity index (χ0v) is 16.9. The molecule has 1 fully saturated rings. The molecule has 0 spiro atoms. The lowest BCUT2D eigenvalue weighted by molar-refractivity contribution is 0.0516. The zero-order valence-electron chi connectivity index (χ0n) is 16.9. The van der Waals surface area contributed by atoms with Crippen LogP contribution < -0.4 is 4.90 Å². The number of carbonyl (C=O) groups is 2. The molecule has 0 atom stereocenters. The molecule has 31 heavy (non-hydrogen) atoms. The number of carbonyl (C=O) groups excluding carboxylic acids is 2. The maximum atomic E-state index is 13.2. The Balaban J connectivity index is 1.57. The smallest absolute Gasteiger partial charge is 0.365 e. The lowest BCUT2D eigenvalue weighted by atomic mass is 10.0. The van der Waals surface area contributed by atoms with Gasteiger partial charge in [-0.25, -0.2) is 4.79 Å². The summed E-state index contributed by atoms with van der Waals surface area (Å²) in [5.74, 6) is -0.940. The van der Waals surface area contributed by atoms with Gasteiger partial charge in [-0.1, -0.05) is 53.7 Å². The summed E-state index contributed by atoms with van der Waals surface area (Å²) in [4.78, 5) is 32.9. The van der Waals surface area contributed by atoms with Gasteiger partial charge in [-0.05, 0) is 36.4 Å². The Hall–Kier alpha value is -3.77. The van der Waals surface area contributed by atoms with E-state index in [1.807, 2.05) is 18.2 Å². The highest BCUT2D eigenvalue weighted by Gasteiger charge is 2.19. The van der Waals surface area contributed by atoms with Crippen LogP contribution in [0.5, 0.6) is 0 Å². The van der Waals surface area contributed by atoms with E-state index in [0.29, 0.717) is 29.9 Å². The SMILES string of the molecule is O=C(O/N=C(/C(=O)c1ccc(N2CCOCC2)cc1)c1ccccc1)c1ccccc1. The van der Waals surface area contributed by atoms with E-state index in [1.54, 1.807) is 66.7 Å². The molecule has 0 amide bonds. The second-order valence-electron chi connectivity index (χ2n) is 7.03. The summed E-state index contributed by atoms with van der Waals surface area (Å²) in [6.07, 6.45) is 0. The summed E-state index contributed by atoms with van der Waals surface area (Å²) in [6, 6.07) is 24.9. The molecule has 3 aromatic rings. The number of hydrogen-bond donors (Lipinski definition) is 0. The lowest BCUT2D eigenvalue weighted by Gasteiger charge is -2.28. The first-order chi connectivity index (χ1) is 15.2. The van der Waals surface area contributed by atoms with Gasteiger partial charge in [0.05, 0.1) is 18.8 Å². The summed E-state index contributed by atoms with van der Waals surface area (Å²) in [5, 5.41) is 3.95. The number of hydrogen-bond acceptors (Lipinski definition) is 6. The van der Waals surface area contributed by atoms with Crippen LogP contribution in [0.25, 0.3) is 0 Å². The molecule has 156 valence electrons. The van der Waals surface area contributed by atoms with Crippen molar-refractivity contribution < 1.29 is 19.2 Å². The predicted molar refractivity (Wildman–Crippen MR) is 119 cm³/mol. The first kappa shape index (κ1) is 20.5. The molecular weight excluding hydrogens is 392 g/mol. The van der Waals surface area contributed by atoms with Crippen molar-refractivity contribution in [2.24, 2.45) is 5.16 Å². The molecule has 0 unspecified atom stereocenters. The number of ketones is 1. The molecule has 6 heteroatoms. The van der Waals surface area contributed by atoms with Gasteiger partial charge in [0, 0.05) is 29.9 Å². The third-order valence-corrected chi connectivity index (χ3v) is 5.00. The van der Waals surface area contributed by atoms with Crippen molar-refractivity contribution in [3.8, 4) is 0 Å². The normalized spacial score (nSPS) is 14.2. The van der Waals surface area contributed by atoms with Crippen LogP contribution in [0.4, 0.5) is 5.69 Å². The molecule has 0 aliphatic carbocycles. The third kappa shape index (κ3) is 5.05. The number of oxime groups is 1. The number of rotatable bonds is 6. The molecule has 4 rings (SSSR count). The predicted octanol–water partition coefficient (Wildman–Crippen LogP) is 3.97. The average Bonchev–Trinajstić information content (AvgIpc) is 2.86. The minimum absolute atomic E-state index is 0.0732. The Morgan fingerprint density at radius 2 is 1.32 bits per heavy atom. The van der Waals surface area contributed by atoms with E-state index in [4.69, 9.17) is 9.57 Å². The summed E-state index contributed by atoms with van der Waals surface area (Å²) in [6.45, 7) is 3.02. The highest BCUT2D eigenvalue weighted by atomic mass is 16.7. The third-order valence-electron chi connectivity index (χ3n) is 5.00. The van der Waals surface area contributed by atoms with Crippen molar-refractivity contribution in [1.29, 1.82) is 0 Å². The topological polar surface area (TPSA) is 68.2 Å². The Morgan fingerprint density at radius 3 is 1.94 bits per heavy atom. The number of morpholine rings is 1. The molecule has 1 aliphatic rings. The highest BCUT2D eigenvalue weighted by molar-refractivity contribution is 6.51. The van der Waals surface area contributed by atoms with E-state index < -0.39 is 5.97 Å². The molecule has 1 saturated heterocycles. The van der Waals surface area contributed by atoms with Crippen molar-refractivity contribution in [3.05, 3.63) is 102 Å². The summed E-state index contributed by atoms with van der Waals surface area (Å²) in [7, 11) is 0. The van der Waals surface area contributed by atoms with E-state index in [1.165, 1.54) is 0 Å². The molecule has 0 N–H and O–H groups in total. The monoisotopic (exact) mass is 414 g/mol. The fourth-order valence-electron chi connectivity index (χ4n) is 3.32. The van der Waals surface area contributed by atoms with Gasteiger partial charge < -0.3 is 14.5 Å². The standard InChI is InChI=1S/C25H22N2O4/c28-24(20-11-13-22(14-12-20)27-15-17-30-18-16-27)23(19-7-3-1-4-8-19)26-31-25(29)21-9-5-2-6-10-21/h1-14H,15-18H2/b26-23+. The van der Waals surface area contributed by atoms with Crippen LogP contribution in [0.3, 0.4) is 0 Å². The van der Waals surface area contributed by atoms with Crippen molar-refractivity contribution in [1.82, 2.24) is 0 Å². The van der Waals surface area contributed by atoms with Crippen molar-refractivity contribution in [3.63, 3.8) is 0 Å². The van der Waals surface area contributed by atoms with Crippen LogP contribution in [-0.4, -0.2) is 43.8 Å². The van der Waals surface area contributed by atoms with Gasteiger partial charge in [-0.2, -0.15) is 0 Å². The van der Waals surface area contributed by atoms with Gasteiger partial charge in [0.1, 0.15) is 0 Å². The van der Waals surface area contributed by atoms with Gasteiger partial charge in [0.25, 0.3) is 0 Å². The fourth-order valence-corrected chi connectivity index (χ4v) is 3.32. The summed E-state index contributed by atoms with van der Waals surface area (Å²) >= 11 is 0. The molecular formula is C25H22N2O4. The van der Waals surface area contributed by atoms with Gasteiger partial charge >= 0.3 is 5.97 Å². The zero-order chi connectivity index (χ0) is 21.5. The lowest BCUT2D eigenvalue weighted by Crippen LogP contribution is -2.36. The molecule has 0 aromatic heterocycles. The van der Waals surface area contributed by atoms with Crippen LogP contribution in [0.2, 0.25) is 0 Å². The Bertz CT molecular complexity index is 1060. The molecule has 0 saturated carbocycles. The molecule has 3 aromatic carbocycles. The number of benzene rings is 3. The van der Waals surface area contributed by atoms with E-state index in [-0.39, 0.29) is 11.5 Å². The molecule has 1 aliphatic heterocycles. The second kappa shape index (κ2) is 9.82. The largest absolute Gasteiger partial charge is 0.378 e. The Kier molecular flexibility index (Phi) is 6.50. The van der Waals surface area contributed by atoms with E-state index in [9.17, 15) is 9.59 Å². The van der Waals surface area contributed by atoms with Crippen LogP contribution in [0.15, 0.2) is 90.1 Å². The van der Waals surface area contributed by atoms with Crippen molar-refractivity contribution in [2.75, 3.05) is 31.2 Å².